The van der Waals surface area contributed by atoms with E-state index in [0.717, 1.165) is 16.3 Å². The molecule has 0 amide bonds. The molecule has 0 saturated carbocycles. The summed E-state index contributed by atoms with van der Waals surface area (Å²) in [5.41, 5.74) is 1.94. The minimum absolute atomic E-state index is 0.0911. The average molecular weight is 361 g/mol. The van der Waals surface area contributed by atoms with Crippen LogP contribution in [0, 0.1) is 24.2 Å². The van der Waals surface area contributed by atoms with Gasteiger partial charge in [-0.3, -0.25) is 0 Å². The number of hydrogen-bond donors (Lipinski definition) is 0. The molecule has 0 spiro atoms. The molecule has 1 fully saturated rings. The summed E-state index contributed by atoms with van der Waals surface area (Å²) in [5.74, 6) is -0.0911. The lowest BCUT2D eigenvalue weighted by atomic mass is 10.0. The van der Waals surface area contributed by atoms with Crippen molar-refractivity contribution in [3.63, 3.8) is 0 Å². The molecule has 6 heteroatoms. The molecule has 1 unspecified atom stereocenters. The molecule has 0 aromatic heterocycles. The van der Waals surface area contributed by atoms with Crippen molar-refractivity contribution < 1.29 is 8.42 Å². The molecule has 1 saturated heterocycles. The molecular weight excluding hydrogens is 336 g/mol. The molecular formula is C18H24N2O2SSi. The summed E-state index contributed by atoms with van der Waals surface area (Å²) in [7, 11) is -5.40. The zero-order chi connectivity index (χ0) is 18.1. The Morgan fingerprint density at radius 3 is 2.38 bits per heavy atom. The number of nitriles is 1. The second-order valence-electron chi connectivity index (χ2n) is 7.21. The Morgan fingerprint density at radius 1 is 1.33 bits per heavy atom. The van der Waals surface area contributed by atoms with Gasteiger partial charge in [0.05, 0.1) is 19.0 Å². The van der Waals surface area contributed by atoms with Crippen LogP contribution >= 0.6 is 0 Å². The Bertz CT molecular complexity index is 812. The first-order chi connectivity index (χ1) is 11.1. The van der Waals surface area contributed by atoms with Gasteiger partial charge in [0.25, 0.3) is 0 Å². The van der Waals surface area contributed by atoms with Gasteiger partial charge in [-0.25, -0.2) is 8.42 Å². The fourth-order valence-electron chi connectivity index (χ4n) is 2.95. The molecule has 0 N–H and O–H groups in total. The largest absolute Gasteiger partial charge is 0.243 e. The van der Waals surface area contributed by atoms with Gasteiger partial charge in [-0.05, 0) is 24.6 Å². The summed E-state index contributed by atoms with van der Waals surface area (Å²) in [4.78, 5) is 0.295. The van der Waals surface area contributed by atoms with E-state index in [2.05, 4.69) is 32.3 Å². The zero-order valence-electron chi connectivity index (χ0n) is 14.7. The second kappa shape index (κ2) is 6.67. The first-order valence-corrected chi connectivity index (χ1v) is 12.9. The van der Waals surface area contributed by atoms with Crippen molar-refractivity contribution in [1.82, 2.24) is 4.31 Å². The Kier molecular flexibility index (Phi) is 5.19. The van der Waals surface area contributed by atoms with Gasteiger partial charge < -0.3 is 0 Å². The molecule has 4 nitrogen and oxygen atoms in total. The number of aryl methyl sites for hydroxylation is 1. The summed E-state index contributed by atoms with van der Waals surface area (Å²) in [6.07, 6.45) is 1.76. The standard InChI is InChI=1S/C18H24N2O2SSi/c1-6-15-12-20(13-17(15)18(11-19)24(3,4)5)23(21,22)16-9-7-14(2)8-10-16/h6-10,15H,1,12-13H2,2-5H3/b18-17+. The van der Waals surface area contributed by atoms with E-state index in [0.29, 0.717) is 11.4 Å². The maximum atomic E-state index is 12.9. The number of rotatable bonds is 4. The molecule has 1 aliphatic heterocycles. The fraction of sp³-hybridized carbons (Fsp3) is 0.389. The highest BCUT2D eigenvalue weighted by Crippen LogP contribution is 2.33. The van der Waals surface area contributed by atoms with Crippen molar-refractivity contribution in [2.45, 2.75) is 31.5 Å². The van der Waals surface area contributed by atoms with Crippen LogP contribution in [0.5, 0.6) is 0 Å². The van der Waals surface area contributed by atoms with Crippen LogP contribution in [0.3, 0.4) is 0 Å². The van der Waals surface area contributed by atoms with Gasteiger partial charge >= 0.3 is 0 Å². The molecule has 128 valence electrons. The van der Waals surface area contributed by atoms with E-state index < -0.39 is 18.1 Å². The first kappa shape index (κ1) is 18.7. The summed E-state index contributed by atoms with van der Waals surface area (Å²) < 4.78 is 27.3. The number of nitrogens with zero attached hydrogens (tertiary/aromatic N) is 2. The minimum atomic E-state index is -3.56. The highest BCUT2D eigenvalue weighted by atomic mass is 32.2. The van der Waals surface area contributed by atoms with Crippen LogP contribution in [0.2, 0.25) is 19.6 Å². The van der Waals surface area contributed by atoms with Crippen molar-refractivity contribution >= 4 is 18.1 Å². The molecule has 1 atom stereocenters. The van der Waals surface area contributed by atoms with Gasteiger partial charge in [-0.2, -0.15) is 9.57 Å². The van der Waals surface area contributed by atoms with Crippen LogP contribution in [0.15, 0.2) is 52.6 Å². The van der Waals surface area contributed by atoms with Crippen molar-refractivity contribution in [2.75, 3.05) is 13.1 Å². The van der Waals surface area contributed by atoms with E-state index in [4.69, 9.17) is 0 Å². The molecule has 1 aromatic rings. The van der Waals surface area contributed by atoms with E-state index in [1.165, 1.54) is 4.31 Å². The Hall–Kier alpha value is -1.68. The Labute approximate surface area is 146 Å². The lowest BCUT2D eigenvalue weighted by molar-refractivity contribution is 0.471. The van der Waals surface area contributed by atoms with E-state index in [9.17, 15) is 13.7 Å². The topological polar surface area (TPSA) is 61.2 Å². The normalized spacial score (nSPS) is 21.4. The molecule has 24 heavy (non-hydrogen) atoms. The number of hydrogen-bond acceptors (Lipinski definition) is 3. The van der Waals surface area contributed by atoms with Crippen LogP contribution < -0.4 is 0 Å². The maximum absolute atomic E-state index is 12.9. The predicted octanol–water partition coefficient (Wildman–Crippen LogP) is 3.50. The molecule has 1 heterocycles. The predicted molar refractivity (Wildman–Crippen MR) is 99.6 cm³/mol. The third kappa shape index (κ3) is 3.53. The van der Waals surface area contributed by atoms with Gasteiger partial charge in [0.15, 0.2) is 0 Å². The molecule has 0 bridgehead atoms. The van der Waals surface area contributed by atoms with Crippen LogP contribution in [0.1, 0.15) is 5.56 Å². The minimum Gasteiger partial charge on any atom is -0.207 e. The number of benzene rings is 1. The van der Waals surface area contributed by atoms with Gasteiger partial charge in [0.1, 0.15) is 0 Å². The van der Waals surface area contributed by atoms with Crippen molar-refractivity contribution in [3.05, 3.63) is 53.3 Å². The summed E-state index contributed by atoms with van der Waals surface area (Å²) in [6.45, 7) is 12.7. The molecule has 2 rings (SSSR count). The summed E-state index contributed by atoms with van der Waals surface area (Å²) in [6, 6.07) is 9.21. The van der Waals surface area contributed by atoms with Crippen molar-refractivity contribution in [2.24, 2.45) is 5.92 Å². The fourth-order valence-corrected chi connectivity index (χ4v) is 5.95. The molecule has 0 aliphatic carbocycles. The highest BCUT2D eigenvalue weighted by molar-refractivity contribution is 7.89. The van der Waals surface area contributed by atoms with Crippen LogP contribution in [0.25, 0.3) is 0 Å². The van der Waals surface area contributed by atoms with Crippen molar-refractivity contribution in [1.29, 1.82) is 5.26 Å². The SMILES string of the molecule is C=CC1CN(S(=O)(=O)c2ccc(C)cc2)C/C1=C(/C#N)[Si](C)(C)C. The van der Waals surface area contributed by atoms with E-state index in [1.807, 2.05) is 6.92 Å². The Balaban J connectivity index is 2.46. The third-order valence-corrected chi connectivity index (χ3v) is 8.08. The molecule has 1 aliphatic rings. The Morgan fingerprint density at radius 2 is 1.92 bits per heavy atom. The number of allylic oxidation sites excluding steroid dienone is 1. The van der Waals surface area contributed by atoms with E-state index in [1.54, 1.807) is 30.3 Å². The van der Waals surface area contributed by atoms with Crippen molar-refractivity contribution in [3.8, 4) is 6.07 Å². The lowest BCUT2D eigenvalue weighted by Gasteiger charge is -2.19. The molecule has 0 radical (unpaired) electrons. The zero-order valence-corrected chi connectivity index (χ0v) is 16.5. The van der Waals surface area contributed by atoms with Gasteiger partial charge in [-0.1, -0.05) is 43.4 Å². The van der Waals surface area contributed by atoms with Gasteiger partial charge in [0, 0.05) is 24.2 Å². The summed E-state index contributed by atoms with van der Waals surface area (Å²) >= 11 is 0. The third-order valence-electron chi connectivity index (χ3n) is 4.32. The van der Waals surface area contributed by atoms with Gasteiger partial charge in [0.2, 0.25) is 10.0 Å². The first-order valence-electron chi connectivity index (χ1n) is 7.94. The van der Waals surface area contributed by atoms with Crippen LogP contribution in [-0.4, -0.2) is 33.9 Å². The van der Waals surface area contributed by atoms with Crippen LogP contribution in [-0.2, 0) is 10.0 Å². The quantitative estimate of drug-likeness (QED) is 0.469. The molecule has 1 aromatic carbocycles. The lowest BCUT2D eigenvalue weighted by Crippen LogP contribution is -2.29. The highest BCUT2D eigenvalue weighted by Gasteiger charge is 2.38. The van der Waals surface area contributed by atoms with Gasteiger partial charge in [-0.15, -0.1) is 6.58 Å². The van der Waals surface area contributed by atoms with E-state index in [-0.39, 0.29) is 12.5 Å². The van der Waals surface area contributed by atoms with Crippen LogP contribution in [0.4, 0.5) is 0 Å². The van der Waals surface area contributed by atoms with E-state index >= 15 is 0 Å². The number of sulfonamides is 1. The maximum Gasteiger partial charge on any atom is 0.243 e. The summed E-state index contributed by atoms with van der Waals surface area (Å²) in [5, 5.41) is 10.4. The second-order valence-corrected chi connectivity index (χ2v) is 14.2. The monoisotopic (exact) mass is 360 g/mol. The average Bonchev–Trinajstić information content (AvgIpc) is 2.91. The smallest absolute Gasteiger partial charge is 0.207 e.